The molecule has 0 radical (unpaired) electrons. The second-order valence-electron chi connectivity index (χ2n) is 6.70. The van der Waals surface area contributed by atoms with Crippen molar-refractivity contribution < 1.29 is 9.59 Å². The molecule has 2 rings (SSSR count). The van der Waals surface area contributed by atoms with Crippen molar-refractivity contribution in [3.63, 3.8) is 0 Å². The summed E-state index contributed by atoms with van der Waals surface area (Å²) in [5.74, 6) is 0.419. The molecule has 2 amide bonds. The summed E-state index contributed by atoms with van der Waals surface area (Å²) in [7, 11) is 0. The summed E-state index contributed by atoms with van der Waals surface area (Å²) < 4.78 is 0. The van der Waals surface area contributed by atoms with Gasteiger partial charge in [-0.1, -0.05) is 43.7 Å². The molecule has 0 aliphatic carbocycles. The van der Waals surface area contributed by atoms with Crippen LogP contribution in [0.15, 0.2) is 24.3 Å². The van der Waals surface area contributed by atoms with Gasteiger partial charge < -0.3 is 9.80 Å². The van der Waals surface area contributed by atoms with Crippen LogP contribution in [0.3, 0.4) is 0 Å². The minimum absolute atomic E-state index is 0.0267. The Hall–Kier alpha value is -1.84. The first-order chi connectivity index (χ1) is 11.0. The Labute approximate surface area is 139 Å². The van der Waals surface area contributed by atoms with Crippen molar-refractivity contribution in [3.05, 3.63) is 35.4 Å². The van der Waals surface area contributed by atoms with Gasteiger partial charge in [-0.25, -0.2) is 0 Å². The van der Waals surface area contributed by atoms with Crippen LogP contribution in [0.1, 0.15) is 37.8 Å². The van der Waals surface area contributed by atoms with Crippen LogP contribution in [-0.2, 0) is 16.0 Å². The summed E-state index contributed by atoms with van der Waals surface area (Å²) >= 11 is 0. The van der Waals surface area contributed by atoms with E-state index in [-0.39, 0.29) is 17.7 Å². The Balaban J connectivity index is 1.83. The molecule has 0 unspecified atom stereocenters. The van der Waals surface area contributed by atoms with Gasteiger partial charge in [-0.2, -0.15) is 0 Å². The highest BCUT2D eigenvalue weighted by atomic mass is 16.2. The number of hydrogen-bond donors (Lipinski definition) is 0. The van der Waals surface area contributed by atoms with Gasteiger partial charge in [0.2, 0.25) is 11.8 Å². The van der Waals surface area contributed by atoms with Crippen molar-refractivity contribution in [2.75, 3.05) is 26.2 Å². The van der Waals surface area contributed by atoms with Gasteiger partial charge in [0.15, 0.2) is 0 Å². The van der Waals surface area contributed by atoms with Gasteiger partial charge >= 0.3 is 0 Å². The Morgan fingerprint density at radius 3 is 2.26 bits per heavy atom. The molecule has 23 heavy (non-hydrogen) atoms. The van der Waals surface area contributed by atoms with Crippen LogP contribution in [-0.4, -0.2) is 47.8 Å². The van der Waals surface area contributed by atoms with E-state index in [0.717, 1.165) is 25.9 Å². The number of carbonyl (C=O) groups is 2. The van der Waals surface area contributed by atoms with Crippen molar-refractivity contribution >= 4 is 11.8 Å². The number of rotatable bonds is 4. The van der Waals surface area contributed by atoms with E-state index < -0.39 is 0 Å². The molecule has 126 valence electrons. The van der Waals surface area contributed by atoms with E-state index in [1.54, 1.807) is 0 Å². The fourth-order valence-corrected chi connectivity index (χ4v) is 2.92. The molecule has 1 aliphatic rings. The Morgan fingerprint density at radius 2 is 1.61 bits per heavy atom. The lowest BCUT2D eigenvalue weighted by Gasteiger charge is -2.23. The molecular formula is C19H28N2O2. The molecule has 1 aromatic rings. The summed E-state index contributed by atoms with van der Waals surface area (Å²) in [5.41, 5.74) is 2.44. The van der Waals surface area contributed by atoms with Crippen LogP contribution in [0.25, 0.3) is 0 Å². The van der Waals surface area contributed by atoms with E-state index in [2.05, 4.69) is 31.2 Å². The molecule has 1 aliphatic heterocycles. The first kappa shape index (κ1) is 17.5. The summed E-state index contributed by atoms with van der Waals surface area (Å²) in [4.78, 5) is 28.3. The van der Waals surface area contributed by atoms with Crippen molar-refractivity contribution in [2.24, 2.45) is 5.92 Å². The molecule has 0 spiro atoms. The second-order valence-corrected chi connectivity index (χ2v) is 6.70. The molecule has 1 heterocycles. The largest absolute Gasteiger partial charge is 0.341 e. The lowest BCUT2D eigenvalue weighted by Crippen LogP contribution is -2.39. The molecule has 0 atom stereocenters. The van der Waals surface area contributed by atoms with E-state index in [1.807, 2.05) is 23.6 Å². The second kappa shape index (κ2) is 8.14. The third kappa shape index (κ3) is 5.08. The lowest BCUT2D eigenvalue weighted by atomic mass is 10.1. The molecule has 4 heteroatoms. The monoisotopic (exact) mass is 316 g/mol. The van der Waals surface area contributed by atoms with Crippen molar-refractivity contribution in [2.45, 2.75) is 40.0 Å². The zero-order valence-corrected chi connectivity index (χ0v) is 14.5. The molecule has 0 aromatic heterocycles. The maximum Gasteiger partial charge on any atom is 0.225 e. The molecule has 1 fully saturated rings. The molecule has 0 N–H and O–H groups in total. The highest BCUT2D eigenvalue weighted by molar-refractivity contribution is 5.79. The summed E-state index contributed by atoms with van der Waals surface area (Å²) in [6.07, 6.45) is 2.19. The maximum atomic E-state index is 12.4. The number of aryl methyl sites for hydroxylation is 2. The molecule has 0 bridgehead atoms. The number of hydrogen-bond acceptors (Lipinski definition) is 2. The van der Waals surface area contributed by atoms with E-state index in [9.17, 15) is 9.59 Å². The van der Waals surface area contributed by atoms with Crippen LogP contribution in [0, 0.1) is 12.8 Å². The van der Waals surface area contributed by atoms with Gasteiger partial charge in [0, 0.05) is 38.5 Å². The Morgan fingerprint density at radius 1 is 1.00 bits per heavy atom. The summed E-state index contributed by atoms with van der Waals surface area (Å²) in [6, 6.07) is 8.35. The fraction of sp³-hybridized carbons (Fsp3) is 0.579. The maximum absolute atomic E-state index is 12.4. The summed E-state index contributed by atoms with van der Waals surface area (Å²) in [6.45, 7) is 8.76. The van der Waals surface area contributed by atoms with Crippen LogP contribution in [0.2, 0.25) is 0 Å². The molecule has 0 saturated carbocycles. The summed E-state index contributed by atoms with van der Waals surface area (Å²) in [5, 5.41) is 0. The van der Waals surface area contributed by atoms with Gasteiger partial charge in [-0.3, -0.25) is 9.59 Å². The zero-order valence-electron chi connectivity index (χ0n) is 14.5. The standard InChI is InChI=1S/C19H28N2O2/c1-15(2)19(23)21-12-4-11-20(13-14-21)18(22)10-9-17-7-5-16(3)6-8-17/h5-8,15H,4,9-14H2,1-3H3. The average Bonchev–Trinajstić information content (AvgIpc) is 2.79. The lowest BCUT2D eigenvalue weighted by molar-refractivity contribution is -0.135. The highest BCUT2D eigenvalue weighted by Crippen LogP contribution is 2.11. The van der Waals surface area contributed by atoms with Crippen LogP contribution >= 0.6 is 0 Å². The van der Waals surface area contributed by atoms with E-state index in [0.29, 0.717) is 19.5 Å². The zero-order chi connectivity index (χ0) is 16.8. The van der Waals surface area contributed by atoms with E-state index in [1.165, 1.54) is 11.1 Å². The third-order valence-electron chi connectivity index (χ3n) is 4.40. The van der Waals surface area contributed by atoms with Crippen LogP contribution in [0.5, 0.6) is 0 Å². The quantitative estimate of drug-likeness (QED) is 0.857. The third-order valence-corrected chi connectivity index (χ3v) is 4.40. The van der Waals surface area contributed by atoms with Crippen LogP contribution in [0.4, 0.5) is 0 Å². The predicted octanol–water partition coefficient (Wildman–Crippen LogP) is 2.64. The fourth-order valence-electron chi connectivity index (χ4n) is 2.92. The van der Waals surface area contributed by atoms with Gasteiger partial charge in [-0.15, -0.1) is 0 Å². The minimum Gasteiger partial charge on any atom is -0.341 e. The average molecular weight is 316 g/mol. The van der Waals surface area contributed by atoms with Gasteiger partial charge in [0.05, 0.1) is 0 Å². The normalized spacial score (nSPS) is 15.7. The highest BCUT2D eigenvalue weighted by Gasteiger charge is 2.23. The minimum atomic E-state index is 0.0267. The van der Waals surface area contributed by atoms with Gasteiger partial charge in [0.1, 0.15) is 0 Å². The number of amides is 2. The van der Waals surface area contributed by atoms with Crippen molar-refractivity contribution in [3.8, 4) is 0 Å². The topological polar surface area (TPSA) is 40.6 Å². The molecular weight excluding hydrogens is 288 g/mol. The number of benzene rings is 1. The first-order valence-corrected chi connectivity index (χ1v) is 8.59. The molecule has 1 aromatic carbocycles. The number of nitrogens with zero attached hydrogens (tertiary/aromatic N) is 2. The van der Waals surface area contributed by atoms with Gasteiger partial charge in [-0.05, 0) is 25.3 Å². The molecule has 1 saturated heterocycles. The smallest absolute Gasteiger partial charge is 0.225 e. The number of carbonyl (C=O) groups excluding carboxylic acids is 2. The van der Waals surface area contributed by atoms with E-state index in [4.69, 9.17) is 0 Å². The molecule has 4 nitrogen and oxygen atoms in total. The Kier molecular flexibility index (Phi) is 6.20. The Bertz CT molecular complexity index is 537. The SMILES string of the molecule is Cc1ccc(CCC(=O)N2CCCN(C(=O)C(C)C)CC2)cc1. The predicted molar refractivity (Wildman–Crippen MR) is 92.1 cm³/mol. The van der Waals surface area contributed by atoms with Crippen LogP contribution < -0.4 is 0 Å². The first-order valence-electron chi connectivity index (χ1n) is 8.59. The van der Waals surface area contributed by atoms with Crippen molar-refractivity contribution in [1.82, 2.24) is 9.80 Å². The van der Waals surface area contributed by atoms with Crippen molar-refractivity contribution in [1.29, 1.82) is 0 Å². The van der Waals surface area contributed by atoms with Gasteiger partial charge in [0.25, 0.3) is 0 Å². The van der Waals surface area contributed by atoms with E-state index >= 15 is 0 Å².